The lowest BCUT2D eigenvalue weighted by Crippen LogP contribution is -2.32. The van der Waals surface area contributed by atoms with Gasteiger partial charge in [0.15, 0.2) is 0 Å². The molecule has 1 aliphatic heterocycles. The lowest BCUT2D eigenvalue weighted by Gasteiger charge is -2.30. The summed E-state index contributed by atoms with van der Waals surface area (Å²) in [6.07, 6.45) is 3.29. The number of hydrogen-bond donors (Lipinski definition) is 0. The van der Waals surface area contributed by atoms with Gasteiger partial charge < -0.3 is 14.4 Å². The molecule has 3 rings (SSSR count). The van der Waals surface area contributed by atoms with Crippen LogP contribution in [0.3, 0.4) is 0 Å². The van der Waals surface area contributed by atoms with Gasteiger partial charge >= 0.3 is 0 Å². The number of anilines is 1. The van der Waals surface area contributed by atoms with Crippen LogP contribution in [0.1, 0.15) is 5.56 Å². The van der Waals surface area contributed by atoms with Crippen molar-refractivity contribution in [3.63, 3.8) is 0 Å². The molecule has 110 valence electrons. The Morgan fingerprint density at radius 1 is 1.33 bits per heavy atom. The Morgan fingerprint density at radius 3 is 2.81 bits per heavy atom. The van der Waals surface area contributed by atoms with E-state index < -0.39 is 0 Å². The average Bonchev–Trinajstić information content (AvgIpc) is 2.47. The minimum Gasteiger partial charge on any atom is -0.494 e. The largest absolute Gasteiger partial charge is 0.494 e. The molecule has 2 heterocycles. The van der Waals surface area contributed by atoms with Gasteiger partial charge in [-0.05, 0) is 49.6 Å². The summed E-state index contributed by atoms with van der Waals surface area (Å²) in [5.41, 5.74) is 2.08. The van der Waals surface area contributed by atoms with Crippen LogP contribution in [0.5, 0.6) is 11.6 Å². The molecule has 0 amide bonds. The molecule has 1 aliphatic rings. The van der Waals surface area contributed by atoms with Crippen LogP contribution in [-0.2, 0) is 6.54 Å². The predicted octanol–water partition coefficient (Wildman–Crippen LogP) is 3.41. The molecule has 0 radical (unpaired) electrons. The fourth-order valence-corrected chi connectivity index (χ4v) is 3.90. The molecule has 0 unspecified atom stereocenters. The number of fused-ring (bicyclic) bond motifs is 1. The van der Waals surface area contributed by atoms with Crippen LogP contribution >= 0.6 is 31.9 Å². The number of benzene rings is 1. The van der Waals surface area contributed by atoms with E-state index in [1.165, 1.54) is 6.33 Å². The minimum atomic E-state index is 0.627. The first kappa shape index (κ1) is 14.6. The molecule has 1 aromatic heterocycles. The van der Waals surface area contributed by atoms with Gasteiger partial charge in [0, 0.05) is 6.54 Å². The summed E-state index contributed by atoms with van der Waals surface area (Å²) in [5, 5.41) is 0. The number of ether oxygens (including phenoxy) is 2. The van der Waals surface area contributed by atoms with E-state index in [2.05, 4.69) is 58.9 Å². The third kappa shape index (κ3) is 2.98. The second kappa shape index (κ2) is 6.19. The second-order valence-corrected chi connectivity index (χ2v) is 6.28. The smallest absolute Gasteiger partial charge is 0.240 e. The quantitative estimate of drug-likeness (QED) is 0.770. The van der Waals surface area contributed by atoms with Crippen molar-refractivity contribution < 1.29 is 9.47 Å². The maximum absolute atomic E-state index is 5.54. The van der Waals surface area contributed by atoms with Crippen LogP contribution < -0.4 is 14.4 Å². The molecule has 0 saturated heterocycles. The third-order valence-corrected chi connectivity index (χ3v) is 4.41. The monoisotopic (exact) mass is 413 g/mol. The number of aromatic nitrogens is 2. The van der Waals surface area contributed by atoms with Crippen molar-refractivity contribution in [1.82, 2.24) is 9.97 Å². The second-order valence-electron chi connectivity index (χ2n) is 4.58. The van der Waals surface area contributed by atoms with Crippen molar-refractivity contribution in [1.29, 1.82) is 0 Å². The number of hydrogen-bond acceptors (Lipinski definition) is 5. The zero-order chi connectivity index (χ0) is 14.8. The number of nitrogens with zero attached hydrogens (tertiary/aromatic N) is 3. The molecule has 0 fully saturated rings. The van der Waals surface area contributed by atoms with Gasteiger partial charge in [0.25, 0.3) is 0 Å². The lowest BCUT2D eigenvalue weighted by molar-refractivity contribution is 0.293. The van der Waals surface area contributed by atoms with Crippen LogP contribution in [0, 0.1) is 0 Å². The van der Waals surface area contributed by atoms with Gasteiger partial charge in [-0.25, -0.2) is 4.98 Å². The summed E-state index contributed by atoms with van der Waals surface area (Å²) >= 11 is 7.06. The third-order valence-electron chi connectivity index (χ3n) is 3.23. The summed E-state index contributed by atoms with van der Waals surface area (Å²) < 4.78 is 12.7. The molecule has 0 bridgehead atoms. The van der Waals surface area contributed by atoms with E-state index in [0.29, 0.717) is 12.5 Å². The maximum Gasteiger partial charge on any atom is 0.240 e. The van der Waals surface area contributed by atoms with Gasteiger partial charge in [0.1, 0.15) is 24.4 Å². The zero-order valence-electron chi connectivity index (χ0n) is 11.3. The van der Waals surface area contributed by atoms with Gasteiger partial charge in [0.05, 0.1) is 28.8 Å². The van der Waals surface area contributed by atoms with E-state index >= 15 is 0 Å². The molecular formula is C14H13Br2N3O2. The summed E-state index contributed by atoms with van der Waals surface area (Å²) in [4.78, 5) is 10.4. The SMILES string of the molecule is COc1c(Br)cc(CN2CCOc3ncncc32)cc1Br. The number of methoxy groups -OCH3 is 1. The first-order valence-electron chi connectivity index (χ1n) is 6.38. The highest BCUT2D eigenvalue weighted by Crippen LogP contribution is 2.36. The van der Waals surface area contributed by atoms with Crippen LogP contribution in [0.15, 0.2) is 33.6 Å². The molecule has 0 saturated carbocycles. The van der Waals surface area contributed by atoms with Gasteiger partial charge in [-0.1, -0.05) is 0 Å². The summed E-state index contributed by atoms with van der Waals surface area (Å²) in [5.74, 6) is 1.44. The minimum absolute atomic E-state index is 0.627. The topological polar surface area (TPSA) is 47.5 Å². The molecule has 0 aliphatic carbocycles. The van der Waals surface area contributed by atoms with E-state index in [-0.39, 0.29) is 0 Å². The van der Waals surface area contributed by atoms with Crippen molar-refractivity contribution in [3.05, 3.63) is 39.2 Å². The molecule has 5 nitrogen and oxygen atoms in total. The molecule has 7 heteroatoms. The van der Waals surface area contributed by atoms with Crippen LogP contribution in [0.25, 0.3) is 0 Å². The predicted molar refractivity (Wildman–Crippen MR) is 87.0 cm³/mol. The number of rotatable bonds is 3. The Kier molecular flexibility index (Phi) is 4.30. The van der Waals surface area contributed by atoms with Crippen molar-refractivity contribution in [2.24, 2.45) is 0 Å². The van der Waals surface area contributed by atoms with Gasteiger partial charge in [-0.15, -0.1) is 0 Å². The highest BCUT2D eigenvalue weighted by molar-refractivity contribution is 9.11. The first-order chi connectivity index (χ1) is 10.2. The molecule has 1 aromatic carbocycles. The fraction of sp³-hybridized carbons (Fsp3) is 0.286. The highest BCUT2D eigenvalue weighted by atomic mass is 79.9. The average molecular weight is 415 g/mol. The Labute approximate surface area is 139 Å². The number of halogens is 2. The Bertz CT molecular complexity index is 643. The van der Waals surface area contributed by atoms with Crippen molar-refractivity contribution in [3.8, 4) is 11.6 Å². The normalized spacial score (nSPS) is 13.6. The van der Waals surface area contributed by atoms with E-state index in [4.69, 9.17) is 9.47 Å². The van der Waals surface area contributed by atoms with Crippen molar-refractivity contribution in [2.75, 3.05) is 25.2 Å². The molecule has 2 aromatic rings. The van der Waals surface area contributed by atoms with Gasteiger partial charge in [-0.2, -0.15) is 4.98 Å². The maximum atomic E-state index is 5.54. The van der Waals surface area contributed by atoms with E-state index in [9.17, 15) is 0 Å². The van der Waals surface area contributed by atoms with Gasteiger partial charge in [0.2, 0.25) is 5.88 Å². The molecular weight excluding hydrogens is 402 g/mol. The molecule has 0 N–H and O–H groups in total. The fourth-order valence-electron chi connectivity index (χ4n) is 2.30. The van der Waals surface area contributed by atoms with Crippen molar-refractivity contribution >= 4 is 37.5 Å². The standard InChI is InChI=1S/C14H13Br2N3O2/c1-20-13-10(15)4-9(5-11(13)16)7-19-2-3-21-14-12(19)6-17-8-18-14/h4-6,8H,2-3,7H2,1H3. The highest BCUT2D eigenvalue weighted by Gasteiger charge is 2.20. The van der Waals surface area contributed by atoms with E-state index in [1.54, 1.807) is 13.3 Å². The van der Waals surface area contributed by atoms with E-state index in [0.717, 1.165) is 39.0 Å². The van der Waals surface area contributed by atoms with Crippen LogP contribution in [0.2, 0.25) is 0 Å². The Hall–Kier alpha value is -1.34. The van der Waals surface area contributed by atoms with Crippen molar-refractivity contribution in [2.45, 2.75) is 6.54 Å². The first-order valence-corrected chi connectivity index (χ1v) is 7.97. The Balaban J connectivity index is 1.88. The molecule has 0 atom stereocenters. The summed E-state index contributed by atoms with van der Waals surface area (Å²) in [6.45, 7) is 2.19. The zero-order valence-corrected chi connectivity index (χ0v) is 14.5. The van der Waals surface area contributed by atoms with Crippen LogP contribution in [-0.4, -0.2) is 30.2 Å². The summed E-state index contributed by atoms with van der Waals surface area (Å²) in [6, 6.07) is 4.12. The van der Waals surface area contributed by atoms with Gasteiger partial charge in [-0.3, -0.25) is 0 Å². The van der Waals surface area contributed by atoms with E-state index in [1.807, 2.05) is 0 Å². The summed E-state index contributed by atoms with van der Waals surface area (Å²) in [7, 11) is 1.65. The molecule has 0 spiro atoms. The van der Waals surface area contributed by atoms with Crippen LogP contribution in [0.4, 0.5) is 5.69 Å². The lowest BCUT2D eigenvalue weighted by atomic mass is 10.2. The Morgan fingerprint density at radius 2 is 2.10 bits per heavy atom. The molecule has 21 heavy (non-hydrogen) atoms.